The molecular weight excluding hydrogens is 716 g/mol. The van der Waals surface area contributed by atoms with Gasteiger partial charge < -0.3 is 15.0 Å². The molecule has 53 heavy (non-hydrogen) atoms. The molecule has 5 atom stereocenters. The number of nitrogens with zero attached hydrogens (tertiary/aromatic N) is 2. The predicted molar refractivity (Wildman–Crippen MR) is 200 cm³/mol. The van der Waals surface area contributed by atoms with Gasteiger partial charge in [0.15, 0.2) is 0 Å². The summed E-state index contributed by atoms with van der Waals surface area (Å²) in [7, 11) is -3.84. The first-order valence-corrected chi connectivity index (χ1v) is 20.9. The first kappa shape index (κ1) is 37.7. The number of sulfonamides is 1. The largest absolute Gasteiger partial charge is 0.444 e. The topological polar surface area (TPSA) is 142 Å². The maximum atomic E-state index is 14.7. The van der Waals surface area contributed by atoms with Crippen LogP contribution in [-0.2, 0) is 54.1 Å². The third-order valence-corrected chi connectivity index (χ3v) is 14.0. The normalized spacial score (nSPS) is 25.9. The summed E-state index contributed by atoms with van der Waals surface area (Å²) in [6.45, 7) is 11.0. The molecule has 0 bridgehead atoms. The van der Waals surface area contributed by atoms with Crippen LogP contribution in [0.15, 0.2) is 42.5 Å². The smallest absolute Gasteiger partial charge is 0.410 e. The van der Waals surface area contributed by atoms with E-state index < -0.39 is 56.8 Å². The van der Waals surface area contributed by atoms with Crippen LogP contribution in [0.2, 0.25) is 5.02 Å². The first-order valence-electron chi connectivity index (χ1n) is 19.0. The fourth-order valence-corrected chi connectivity index (χ4v) is 9.76. The van der Waals surface area contributed by atoms with Crippen LogP contribution in [-0.4, -0.2) is 71.5 Å². The molecule has 3 saturated carbocycles. The second-order valence-corrected chi connectivity index (χ2v) is 19.6. The van der Waals surface area contributed by atoms with E-state index in [-0.39, 0.29) is 42.0 Å². The van der Waals surface area contributed by atoms with Crippen molar-refractivity contribution < 1.29 is 32.3 Å². The molecule has 2 aliphatic heterocycles. The summed E-state index contributed by atoms with van der Waals surface area (Å²) in [6.07, 6.45) is 2.32. The highest BCUT2D eigenvalue weighted by Gasteiger charge is 2.67. The molecule has 0 radical (unpaired) electrons. The van der Waals surface area contributed by atoms with Gasteiger partial charge in [-0.2, -0.15) is 0 Å². The van der Waals surface area contributed by atoms with Crippen LogP contribution in [0.3, 0.4) is 0 Å². The van der Waals surface area contributed by atoms with Crippen molar-refractivity contribution in [2.24, 2.45) is 23.7 Å². The average Bonchev–Trinajstić information content (AvgIpc) is 4.01. The number of fused-ring (bicyclic) bond motifs is 1. The summed E-state index contributed by atoms with van der Waals surface area (Å²) < 4.78 is 33.9. The van der Waals surface area contributed by atoms with Crippen molar-refractivity contribution in [1.82, 2.24) is 19.8 Å². The van der Waals surface area contributed by atoms with Crippen molar-refractivity contribution in [3.63, 3.8) is 0 Å². The molecule has 0 spiro atoms. The monoisotopic (exact) mass is 766 g/mol. The van der Waals surface area contributed by atoms with E-state index in [1.54, 1.807) is 11.0 Å². The molecule has 2 aromatic rings. The van der Waals surface area contributed by atoms with Gasteiger partial charge in [-0.3, -0.25) is 24.0 Å². The molecule has 4 amide bonds. The molecule has 5 aliphatic rings. The number of hydrogen-bond donors (Lipinski definition) is 2. The number of halogens is 1. The van der Waals surface area contributed by atoms with E-state index in [2.05, 4.69) is 42.9 Å². The quantitative estimate of drug-likeness (QED) is 0.309. The van der Waals surface area contributed by atoms with Crippen molar-refractivity contribution in [2.75, 3.05) is 6.54 Å². The Labute approximate surface area is 317 Å². The number of amides is 4. The maximum absolute atomic E-state index is 14.7. The van der Waals surface area contributed by atoms with Crippen LogP contribution in [0, 0.1) is 23.7 Å². The lowest BCUT2D eigenvalue weighted by atomic mass is 9.83. The molecule has 2 aromatic carbocycles. The van der Waals surface area contributed by atoms with E-state index in [1.807, 2.05) is 38.1 Å². The molecule has 3 aliphatic carbocycles. The van der Waals surface area contributed by atoms with Crippen molar-refractivity contribution >= 4 is 45.4 Å². The third-order valence-electron chi connectivity index (χ3n) is 11.8. The van der Waals surface area contributed by atoms with Gasteiger partial charge in [-0.25, -0.2) is 13.2 Å². The zero-order valence-electron chi connectivity index (χ0n) is 31.2. The van der Waals surface area contributed by atoms with Gasteiger partial charge in [0, 0.05) is 23.9 Å². The molecule has 1 saturated heterocycles. The number of hydrogen-bond acceptors (Lipinski definition) is 7. The number of carbonyl (C=O) groups excluding carboxylic acids is 4. The molecule has 11 nitrogen and oxygen atoms in total. The number of carbonyl (C=O) groups is 4. The SMILES string of the molecule is CC(C)[C@H](Cc1cccc(C(C)(C)C)c1)C(=O)N1C[C@H](OC(=O)N2Cc3cccc(Cl)c3C2)C[C@H]1C(=O)N[C@]1(C(=O)NS(=O)(=O)C2CC2)C[C@H]1C1CC1. The van der Waals surface area contributed by atoms with Crippen LogP contribution >= 0.6 is 11.6 Å². The molecule has 13 heteroatoms. The van der Waals surface area contributed by atoms with E-state index in [9.17, 15) is 27.6 Å². The summed E-state index contributed by atoms with van der Waals surface area (Å²) >= 11 is 6.40. The first-order chi connectivity index (χ1) is 25.0. The second-order valence-electron chi connectivity index (χ2n) is 17.3. The van der Waals surface area contributed by atoms with Gasteiger partial charge in [0.1, 0.15) is 17.7 Å². The van der Waals surface area contributed by atoms with E-state index in [0.717, 1.165) is 35.1 Å². The highest BCUT2D eigenvalue weighted by atomic mass is 35.5. The summed E-state index contributed by atoms with van der Waals surface area (Å²) in [5, 5.41) is 2.95. The van der Waals surface area contributed by atoms with Crippen LogP contribution in [0.25, 0.3) is 0 Å². The van der Waals surface area contributed by atoms with E-state index in [0.29, 0.717) is 43.8 Å². The minimum Gasteiger partial charge on any atom is -0.444 e. The Bertz CT molecular complexity index is 1920. The minimum absolute atomic E-state index is 0.0107. The van der Waals surface area contributed by atoms with Crippen LogP contribution in [0.4, 0.5) is 4.79 Å². The van der Waals surface area contributed by atoms with Crippen LogP contribution in [0.1, 0.15) is 95.4 Å². The fraction of sp³-hybridized carbons (Fsp3) is 0.600. The van der Waals surface area contributed by atoms with E-state index in [4.69, 9.17) is 16.3 Å². The highest BCUT2D eigenvalue weighted by Crippen LogP contribution is 2.57. The standard InChI is InChI=1S/C40H51ClN4O7S/c1-23(2)30(17-24-8-6-10-27(16-24)39(3,4)5)36(47)45-21-28(52-38(49)44-20-26-9-7-11-33(41)31(26)22-44)18-34(45)35(46)42-40(19-32(40)25-12-13-25)37(48)43-53(50,51)29-14-15-29/h6-11,16,23,25,28-30,32,34H,12-15,17-22H2,1-5H3,(H,42,46)(H,43,48)/t28-,30+,32+,34+,40-/m1/s1. The zero-order valence-corrected chi connectivity index (χ0v) is 32.8. The number of benzene rings is 2. The highest BCUT2D eigenvalue weighted by molar-refractivity contribution is 7.91. The lowest BCUT2D eigenvalue weighted by Crippen LogP contribution is -2.57. The van der Waals surface area contributed by atoms with Crippen molar-refractivity contribution in [3.8, 4) is 0 Å². The molecule has 4 fully saturated rings. The number of rotatable bonds is 11. The lowest BCUT2D eigenvalue weighted by molar-refractivity contribution is -0.143. The molecule has 286 valence electrons. The van der Waals surface area contributed by atoms with Gasteiger partial charge in [-0.1, -0.05) is 82.6 Å². The van der Waals surface area contributed by atoms with Crippen molar-refractivity contribution in [3.05, 3.63) is 69.7 Å². The fourth-order valence-electron chi connectivity index (χ4n) is 8.14. The lowest BCUT2D eigenvalue weighted by Gasteiger charge is -2.31. The Morgan fingerprint density at radius 3 is 2.38 bits per heavy atom. The summed E-state index contributed by atoms with van der Waals surface area (Å²) in [5.74, 6) is -1.99. The Kier molecular flexibility index (Phi) is 9.87. The average molecular weight is 767 g/mol. The van der Waals surface area contributed by atoms with Gasteiger partial charge >= 0.3 is 6.09 Å². The minimum atomic E-state index is -3.84. The van der Waals surface area contributed by atoms with Gasteiger partial charge in [0.25, 0.3) is 5.91 Å². The van der Waals surface area contributed by atoms with Gasteiger partial charge in [0.05, 0.1) is 18.3 Å². The van der Waals surface area contributed by atoms with Gasteiger partial charge in [-0.15, -0.1) is 0 Å². The Morgan fingerprint density at radius 2 is 1.74 bits per heavy atom. The molecule has 0 aromatic heterocycles. The van der Waals surface area contributed by atoms with Crippen molar-refractivity contribution in [2.45, 2.75) is 121 Å². The number of likely N-dealkylation sites (tertiary alicyclic amines) is 1. The van der Waals surface area contributed by atoms with Gasteiger partial charge in [0.2, 0.25) is 21.8 Å². The molecular formula is C40H51ClN4O7S. The third kappa shape index (κ3) is 7.81. The maximum Gasteiger partial charge on any atom is 0.410 e. The van der Waals surface area contributed by atoms with Gasteiger partial charge in [-0.05, 0) is 90.0 Å². The molecule has 0 unspecified atom stereocenters. The Morgan fingerprint density at radius 1 is 1.02 bits per heavy atom. The van der Waals surface area contributed by atoms with Crippen LogP contribution in [0.5, 0.6) is 0 Å². The van der Waals surface area contributed by atoms with E-state index >= 15 is 0 Å². The number of nitrogens with one attached hydrogen (secondary N) is 2. The summed E-state index contributed by atoms with van der Waals surface area (Å²) in [5.41, 5.74) is 2.53. The molecule has 7 rings (SSSR count). The Hall–Kier alpha value is -3.64. The van der Waals surface area contributed by atoms with E-state index in [1.165, 1.54) is 4.90 Å². The summed E-state index contributed by atoms with van der Waals surface area (Å²) in [4.78, 5) is 59.3. The predicted octanol–water partition coefficient (Wildman–Crippen LogP) is 5.47. The Balaban J connectivity index is 1.13. The number of ether oxygens (including phenoxy) is 1. The molecule has 2 N–H and O–H groups in total. The second kappa shape index (κ2) is 13.9. The molecule has 2 heterocycles. The van der Waals surface area contributed by atoms with Crippen molar-refractivity contribution in [1.29, 1.82) is 0 Å². The van der Waals surface area contributed by atoms with Crippen LogP contribution < -0.4 is 10.0 Å². The zero-order chi connectivity index (χ0) is 38.0. The summed E-state index contributed by atoms with van der Waals surface area (Å²) in [6, 6.07) is 12.7.